The summed E-state index contributed by atoms with van der Waals surface area (Å²) in [6.45, 7) is 10.3. The minimum absolute atomic E-state index is 0.102. The summed E-state index contributed by atoms with van der Waals surface area (Å²) in [7, 11) is 0. The summed E-state index contributed by atoms with van der Waals surface area (Å²) in [5, 5.41) is 3.39. The number of aromatic nitrogens is 2. The summed E-state index contributed by atoms with van der Waals surface area (Å²) in [5.41, 5.74) is 1.10. The molecular formula is C12H21N3O. The molecule has 1 heterocycles. The second kappa shape index (κ2) is 5.92. The third-order valence-corrected chi connectivity index (χ3v) is 2.00. The Bertz CT molecular complexity index is 320. The van der Waals surface area contributed by atoms with Crippen LogP contribution in [0, 0.1) is 0 Å². The van der Waals surface area contributed by atoms with E-state index in [0.717, 1.165) is 18.1 Å². The Labute approximate surface area is 97.5 Å². The highest BCUT2D eigenvalue weighted by Crippen LogP contribution is 2.02. The van der Waals surface area contributed by atoms with Crippen LogP contribution in [0.4, 0.5) is 0 Å². The van der Waals surface area contributed by atoms with E-state index in [9.17, 15) is 0 Å². The Morgan fingerprint density at radius 2 is 2.12 bits per heavy atom. The Hall–Kier alpha value is -1.00. The van der Waals surface area contributed by atoms with E-state index in [4.69, 9.17) is 4.74 Å². The first-order chi connectivity index (χ1) is 7.51. The van der Waals surface area contributed by atoms with Gasteiger partial charge in [0.25, 0.3) is 0 Å². The molecule has 1 N–H and O–H groups in total. The zero-order valence-corrected chi connectivity index (χ0v) is 10.6. The predicted octanol–water partition coefficient (Wildman–Crippen LogP) is 1.90. The van der Waals surface area contributed by atoms with Crippen LogP contribution >= 0.6 is 0 Å². The highest BCUT2D eigenvalue weighted by atomic mass is 16.5. The molecule has 1 aromatic heterocycles. The van der Waals surface area contributed by atoms with Crippen molar-refractivity contribution in [2.45, 2.75) is 46.4 Å². The Kier molecular flexibility index (Phi) is 4.83. The zero-order valence-electron chi connectivity index (χ0n) is 10.6. The Balaban J connectivity index is 2.53. The van der Waals surface area contributed by atoms with Crippen LogP contribution in [-0.2, 0) is 17.9 Å². The molecule has 1 aromatic rings. The van der Waals surface area contributed by atoms with Crippen molar-refractivity contribution in [2.24, 2.45) is 0 Å². The molecule has 0 atom stereocenters. The molecule has 0 aliphatic heterocycles. The molecule has 0 unspecified atom stereocenters. The first kappa shape index (κ1) is 13.1. The SMILES string of the molecule is CCOCc1nccc(CNC(C)(C)C)n1. The average molecular weight is 223 g/mol. The molecule has 0 aromatic carbocycles. The van der Waals surface area contributed by atoms with Crippen LogP contribution in [0.5, 0.6) is 0 Å². The molecule has 16 heavy (non-hydrogen) atoms. The topological polar surface area (TPSA) is 47.0 Å². The van der Waals surface area contributed by atoms with Crippen LogP contribution in [0.3, 0.4) is 0 Å². The second-order valence-corrected chi connectivity index (χ2v) is 4.70. The van der Waals surface area contributed by atoms with Gasteiger partial charge in [-0.1, -0.05) is 0 Å². The van der Waals surface area contributed by atoms with Crippen LogP contribution in [0.2, 0.25) is 0 Å². The third-order valence-electron chi connectivity index (χ3n) is 2.00. The molecule has 0 radical (unpaired) electrons. The number of ether oxygens (including phenoxy) is 1. The number of rotatable bonds is 5. The van der Waals surface area contributed by atoms with E-state index in [1.807, 2.05) is 13.0 Å². The molecule has 0 saturated carbocycles. The minimum Gasteiger partial charge on any atom is -0.374 e. The summed E-state index contributed by atoms with van der Waals surface area (Å²) in [6.07, 6.45) is 1.78. The molecule has 1 rings (SSSR count). The van der Waals surface area contributed by atoms with Gasteiger partial charge >= 0.3 is 0 Å². The van der Waals surface area contributed by atoms with E-state index in [-0.39, 0.29) is 5.54 Å². The van der Waals surface area contributed by atoms with Gasteiger partial charge in [0.1, 0.15) is 6.61 Å². The maximum absolute atomic E-state index is 5.27. The van der Waals surface area contributed by atoms with Crippen molar-refractivity contribution in [3.8, 4) is 0 Å². The fraction of sp³-hybridized carbons (Fsp3) is 0.667. The lowest BCUT2D eigenvalue weighted by Crippen LogP contribution is -2.35. The monoisotopic (exact) mass is 223 g/mol. The van der Waals surface area contributed by atoms with Gasteiger partial charge in [0.15, 0.2) is 5.82 Å². The first-order valence-corrected chi connectivity index (χ1v) is 5.65. The Morgan fingerprint density at radius 3 is 2.75 bits per heavy atom. The molecule has 0 aliphatic carbocycles. The van der Waals surface area contributed by atoms with Crippen molar-refractivity contribution in [2.75, 3.05) is 6.61 Å². The largest absolute Gasteiger partial charge is 0.374 e. The molecule has 0 bridgehead atoms. The molecule has 4 nitrogen and oxygen atoms in total. The van der Waals surface area contributed by atoms with E-state index >= 15 is 0 Å². The molecule has 0 aliphatic rings. The quantitative estimate of drug-likeness (QED) is 0.828. The van der Waals surface area contributed by atoms with Gasteiger partial charge in [0.2, 0.25) is 0 Å². The first-order valence-electron chi connectivity index (χ1n) is 5.65. The van der Waals surface area contributed by atoms with E-state index in [1.54, 1.807) is 6.20 Å². The summed E-state index contributed by atoms with van der Waals surface area (Å²) in [4.78, 5) is 8.57. The van der Waals surface area contributed by atoms with Gasteiger partial charge in [0, 0.05) is 24.9 Å². The molecule has 0 saturated heterocycles. The number of nitrogens with one attached hydrogen (secondary N) is 1. The maximum Gasteiger partial charge on any atom is 0.154 e. The summed E-state index contributed by atoms with van der Waals surface area (Å²) >= 11 is 0. The minimum atomic E-state index is 0.102. The molecular weight excluding hydrogens is 202 g/mol. The lowest BCUT2D eigenvalue weighted by Gasteiger charge is -2.20. The van der Waals surface area contributed by atoms with Gasteiger partial charge in [-0.25, -0.2) is 9.97 Å². The van der Waals surface area contributed by atoms with Crippen molar-refractivity contribution >= 4 is 0 Å². The smallest absolute Gasteiger partial charge is 0.154 e. The van der Waals surface area contributed by atoms with E-state index < -0.39 is 0 Å². The summed E-state index contributed by atoms with van der Waals surface area (Å²) < 4.78 is 5.27. The average Bonchev–Trinajstić information content (AvgIpc) is 2.23. The molecule has 0 fully saturated rings. The lowest BCUT2D eigenvalue weighted by atomic mass is 10.1. The van der Waals surface area contributed by atoms with Gasteiger partial charge in [-0.05, 0) is 33.8 Å². The van der Waals surface area contributed by atoms with Crippen molar-refractivity contribution in [3.05, 3.63) is 23.8 Å². The molecule has 0 amide bonds. The van der Waals surface area contributed by atoms with E-state index in [0.29, 0.717) is 13.2 Å². The molecule has 90 valence electrons. The Morgan fingerprint density at radius 1 is 1.38 bits per heavy atom. The lowest BCUT2D eigenvalue weighted by molar-refractivity contribution is 0.128. The van der Waals surface area contributed by atoms with Crippen molar-refractivity contribution < 1.29 is 4.74 Å². The van der Waals surface area contributed by atoms with Crippen LogP contribution in [0.1, 0.15) is 39.2 Å². The summed E-state index contributed by atoms with van der Waals surface area (Å²) in [5.74, 6) is 0.745. The fourth-order valence-electron chi connectivity index (χ4n) is 1.16. The van der Waals surface area contributed by atoms with Crippen molar-refractivity contribution in [3.63, 3.8) is 0 Å². The standard InChI is InChI=1S/C12H21N3O/c1-5-16-9-11-13-7-6-10(15-11)8-14-12(2,3)4/h6-7,14H,5,8-9H2,1-4H3. The summed E-state index contributed by atoms with van der Waals surface area (Å²) in [6, 6.07) is 1.92. The van der Waals surface area contributed by atoms with Gasteiger partial charge in [-0.3, -0.25) is 0 Å². The van der Waals surface area contributed by atoms with Crippen molar-refractivity contribution in [1.82, 2.24) is 15.3 Å². The maximum atomic E-state index is 5.27. The van der Waals surface area contributed by atoms with Gasteiger partial charge in [-0.2, -0.15) is 0 Å². The van der Waals surface area contributed by atoms with Crippen LogP contribution in [0.25, 0.3) is 0 Å². The number of hydrogen-bond acceptors (Lipinski definition) is 4. The van der Waals surface area contributed by atoms with Crippen LogP contribution < -0.4 is 5.32 Å². The van der Waals surface area contributed by atoms with Gasteiger partial charge in [-0.15, -0.1) is 0 Å². The fourth-order valence-corrected chi connectivity index (χ4v) is 1.16. The predicted molar refractivity (Wildman–Crippen MR) is 64.0 cm³/mol. The highest BCUT2D eigenvalue weighted by Gasteiger charge is 2.09. The third kappa shape index (κ3) is 5.19. The van der Waals surface area contributed by atoms with Gasteiger partial charge < -0.3 is 10.1 Å². The van der Waals surface area contributed by atoms with Gasteiger partial charge in [0.05, 0.1) is 5.69 Å². The second-order valence-electron chi connectivity index (χ2n) is 4.70. The zero-order chi connectivity index (χ0) is 12.0. The molecule has 4 heteroatoms. The van der Waals surface area contributed by atoms with Crippen LogP contribution in [-0.4, -0.2) is 22.1 Å². The number of hydrogen-bond donors (Lipinski definition) is 1. The normalized spacial score (nSPS) is 11.8. The number of nitrogens with zero attached hydrogens (tertiary/aromatic N) is 2. The van der Waals surface area contributed by atoms with E-state index in [1.165, 1.54) is 0 Å². The highest BCUT2D eigenvalue weighted by molar-refractivity contribution is 5.02. The van der Waals surface area contributed by atoms with Crippen molar-refractivity contribution in [1.29, 1.82) is 0 Å². The van der Waals surface area contributed by atoms with E-state index in [2.05, 4.69) is 36.1 Å². The molecule has 0 spiro atoms. The van der Waals surface area contributed by atoms with Crippen LogP contribution in [0.15, 0.2) is 12.3 Å².